The molecule has 0 atom stereocenters. The van der Waals surface area contributed by atoms with Gasteiger partial charge in [-0.2, -0.15) is 13.2 Å². The standard InChI is InChI=1S/C12H16F3NO2S/c1-4-11(2,3)16-19(17,18)10-8-6-5-7-9(10)12(13,14)15/h5-8,16H,4H2,1-3H3. The van der Waals surface area contributed by atoms with Gasteiger partial charge in [0.2, 0.25) is 10.0 Å². The molecule has 108 valence electrons. The van der Waals surface area contributed by atoms with Crippen molar-refractivity contribution in [3.8, 4) is 0 Å². The summed E-state index contributed by atoms with van der Waals surface area (Å²) < 4.78 is 64.8. The van der Waals surface area contributed by atoms with E-state index in [0.717, 1.165) is 18.2 Å². The van der Waals surface area contributed by atoms with Gasteiger partial charge in [0.05, 0.1) is 10.5 Å². The van der Waals surface area contributed by atoms with Crippen molar-refractivity contribution >= 4 is 10.0 Å². The fourth-order valence-electron chi connectivity index (χ4n) is 1.43. The van der Waals surface area contributed by atoms with Gasteiger partial charge in [-0.25, -0.2) is 13.1 Å². The third kappa shape index (κ3) is 3.94. The van der Waals surface area contributed by atoms with Gasteiger partial charge in [0.15, 0.2) is 0 Å². The van der Waals surface area contributed by atoms with Crippen molar-refractivity contribution in [1.29, 1.82) is 0 Å². The summed E-state index contributed by atoms with van der Waals surface area (Å²) in [5.74, 6) is 0. The Morgan fingerprint density at radius 1 is 1.16 bits per heavy atom. The molecule has 19 heavy (non-hydrogen) atoms. The van der Waals surface area contributed by atoms with Crippen LogP contribution in [0, 0.1) is 0 Å². The second-order valence-corrected chi connectivity index (χ2v) is 6.49. The first-order chi connectivity index (χ1) is 8.49. The van der Waals surface area contributed by atoms with E-state index in [-0.39, 0.29) is 0 Å². The fraction of sp³-hybridized carbons (Fsp3) is 0.500. The Bertz CT molecular complexity index is 550. The van der Waals surface area contributed by atoms with E-state index in [4.69, 9.17) is 0 Å². The van der Waals surface area contributed by atoms with Crippen molar-refractivity contribution in [2.75, 3.05) is 0 Å². The Labute approximate surface area is 110 Å². The second-order valence-electron chi connectivity index (χ2n) is 4.84. The highest BCUT2D eigenvalue weighted by Crippen LogP contribution is 2.34. The molecular weight excluding hydrogens is 279 g/mol. The molecule has 0 aromatic heterocycles. The van der Waals surface area contributed by atoms with Gasteiger partial charge in [-0.3, -0.25) is 0 Å². The zero-order chi connectivity index (χ0) is 14.9. The number of nitrogens with one attached hydrogen (secondary N) is 1. The molecule has 0 fully saturated rings. The summed E-state index contributed by atoms with van der Waals surface area (Å²) in [6.45, 7) is 4.97. The molecule has 1 rings (SSSR count). The van der Waals surface area contributed by atoms with Crippen molar-refractivity contribution in [1.82, 2.24) is 4.72 Å². The molecule has 7 heteroatoms. The number of benzene rings is 1. The quantitative estimate of drug-likeness (QED) is 0.927. The third-order valence-electron chi connectivity index (χ3n) is 2.78. The molecule has 0 saturated heterocycles. The molecule has 0 aliphatic heterocycles. The van der Waals surface area contributed by atoms with Gasteiger partial charge in [-0.15, -0.1) is 0 Å². The van der Waals surface area contributed by atoms with Gasteiger partial charge >= 0.3 is 6.18 Å². The molecule has 1 aromatic carbocycles. The zero-order valence-corrected chi connectivity index (χ0v) is 11.7. The van der Waals surface area contributed by atoms with Gasteiger partial charge < -0.3 is 0 Å². The molecule has 0 saturated carbocycles. The molecule has 0 amide bonds. The second kappa shape index (κ2) is 5.13. The van der Waals surface area contributed by atoms with Crippen LogP contribution >= 0.6 is 0 Å². The maximum Gasteiger partial charge on any atom is 0.417 e. The maximum absolute atomic E-state index is 12.8. The van der Waals surface area contributed by atoms with E-state index >= 15 is 0 Å². The maximum atomic E-state index is 12.8. The minimum absolute atomic E-state index is 0.459. The van der Waals surface area contributed by atoms with Crippen LogP contribution < -0.4 is 4.72 Å². The highest BCUT2D eigenvalue weighted by molar-refractivity contribution is 7.89. The lowest BCUT2D eigenvalue weighted by Crippen LogP contribution is -2.43. The monoisotopic (exact) mass is 295 g/mol. The predicted octanol–water partition coefficient (Wildman–Crippen LogP) is 3.17. The number of alkyl halides is 3. The first-order valence-electron chi connectivity index (χ1n) is 5.70. The summed E-state index contributed by atoms with van der Waals surface area (Å²) in [6, 6.07) is 4.14. The van der Waals surface area contributed by atoms with Gasteiger partial charge in [-0.1, -0.05) is 19.1 Å². The smallest absolute Gasteiger partial charge is 0.207 e. The Balaban J connectivity index is 3.31. The van der Waals surface area contributed by atoms with Crippen LogP contribution in [0.5, 0.6) is 0 Å². The van der Waals surface area contributed by atoms with Crippen molar-refractivity contribution in [3.05, 3.63) is 29.8 Å². The summed E-state index contributed by atoms with van der Waals surface area (Å²) in [7, 11) is -4.21. The largest absolute Gasteiger partial charge is 0.417 e. The van der Waals surface area contributed by atoms with Crippen LogP contribution in [0.4, 0.5) is 13.2 Å². The van der Waals surface area contributed by atoms with E-state index in [2.05, 4.69) is 4.72 Å². The van der Waals surface area contributed by atoms with Crippen LogP contribution in [0.1, 0.15) is 32.8 Å². The normalized spacial score (nSPS) is 13.6. The Kier molecular flexibility index (Phi) is 4.31. The third-order valence-corrected chi connectivity index (χ3v) is 4.53. The van der Waals surface area contributed by atoms with Crippen molar-refractivity contribution in [2.45, 2.75) is 43.8 Å². The number of hydrogen-bond acceptors (Lipinski definition) is 2. The summed E-state index contributed by atoms with van der Waals surface area (Å²) in [6.07, 6.45) is -4.25. The van der Waals surface area contributed by atoms with Gasteiger partial charge in [-0.05, 0) is 32.4 Å². The predicted molar refractivity (Wildman–Crippen MR) is 66.1 cm³/mol. The van der Waals surface area contributed by atoms with Gasteiger partial charge in [0.25, 0.3) is 0 Å². The number of halogens is 3. The number of rotatable bonds is 4. The molecule has 0 spiro atoms. The van der Waals surface area contributed by atoms with Crippen LogP contribution in [-0.2, 0) is 16.2 Å². The SMILES string of the molecule is CCC(C)(C)NS(=O)(=O)c1ccccc1C(F)(F)F. The van der Waals surface area contributed by atoms with Crippen LogP contribution in [0.3, 0.4) is 0 Å². The molecule has 0 radical (unpaired) electrons. The first kappa shape index (κ1) is 16.0. The van der Waals surface area contributed by atoms with Crippen LogP contribution in [0.25, 0.3) is 0 Å². The average molecular weight is 295 g/mol. The highest BCUT2D eigenvalue weighted by Gasteiger charge is 2.38. The van der Waals surface area contributed by atoms with Gasteiger partial charge in [0, 0.05) is 5.54 Å². The van der Waals surface area contributed by atoms with E-state index in [0.29, 0.717) is 6.42 Å². The molecule has 1 aromatic rings. The highest BCUT2D eigenvalue weighted by atomic mass is 32.2. The average Bonchev–Trinajstić information content (AvgIpc) is 2.27. The lowest BCUT2D eigenvalue weighted by molar-refractivity contribution is -0.139. The summed E-state index contributed by atoms with van der Waals surface area (Å²) in [5.41, 5.74) is -1.97. The van der Waals surface area contributed by atoms with E-state index in [1.807, 2.05) is 0 Å². The summed E-state index contributed by atoms with van der Waals surface area (Å²) in [5, 5.41) is 0. The zero-order valence-electron chi connectivity index (χ0n) is 10.9. The molecule has 3 nitrogen and oxygen atoms in total. The molecule has 0 unspecified atom stereocenters. The molecular formula is C12H16F3NO2S. The Morgan fingerprint density at radius 2 is 1.68 bits per heavy atom. The van der Waals surface area contributed by atoms with Crippen molar-refractivity contribution in [2.24, 2.45) is 0 Å². The van der Waals surface area contributed by atoms with E-state index in [9.17, 15) is 21.6 Å². The molecule has 0 aliphatic carbocycles. The fourth-order valence-corrected chi connectivity index (χ4v) is 3.14. The summed E-state index contributed by atoms with van der Waals surface area (Å²) in [4.78, 5) is -0.746. The van der Waals surface area contributed by atoms with E-state index in [1.165, 1.54) is 6.07 Å². The minimum Gasteiger partial charge on any atom is -0.207 e. The Hall–Kier alpha value is -1.08. The number of hydrogen-bond donors (Lipinski definition) is 1. The van der Waals surface area contributed by atoms with Crippen LogP contribution in [-0.4, -0.2) is 14.0 Å². The topological polar surface area (TPSA) is 46.2 Å². The Morgan fingerprint density at radius 3 is 2.16 bits per heavy atom. The lowest BCUT2D eigenvalue weighted by atomic mass is 10.0. The van der Waals surface area contributed by atoms with E-state index in [1.54, 1.807) is 20.8 Å². The number of sulfonamides is 1. The summed E-state index contributed by atoms with van der Waals surface area (Å²) >= 11 is 0. The van der Waals surface area contributed by atoms with Crippen LogP contribution in [0.2, 0.25) is 0 Å². The lowest BCUT2D eigenvalue weighted by Gasteiger charge is -2.25. The van der Waals surface area contributed by atoms with Gasteiger partial charge in [0.1, 0.15) is 0 Å². The van der Waals surface area contributed by atoms with Crippen molar-refractivity contribution < 1.29 is 21.6 Å². The first-order valence-corrected chi connectivity index (χ1v) is 7.18. The molecule has 1 N–H and O–H groups in total. The minimum atomic E-state index is -4.71. The van der Waals surface area contributed by atoms with E-state index < -0.39 is 32.2 Å². The van der Waals surface area contributed by atoms with Crippen LogP contribution in [0.15, 0.2) is 29.2 Å². The molecule has 0 aliphatic rings. The molecule has 0 heterocycles. The van der Waals surface area contributed by atoms with Crippen molar-refractivity contribution in [3.63, 3.8) is 0 Å². The molecule has 0 bridgehead atoms.